The van der Waals surface area contributed by atoms with Gasteiger partial charge in [0.2, 0.25) is 15.0 Å². The Bertz CT molecular complexity index is 1180. The van der Waals surface area contributed by atoms with Crippen LogP contribution in [0.1, 0.15) is 33.7 Å². The van der Waals surface area contributed by atoms with E-state index in [-0.39, 0.29) is 11.6 Å². The number of benzene rings is 2. The summed E-state index contributed by atoms with van der Waals surface area (Å²) < 4.78 is 54.3. The summed E-state index contributed by atoms with van der Waals surface area (Å²) in [7, 11) is -4.07. The van der Waals surface area contributed by atoms with Crippen molar-refractivity contribution in [3.63, 3.8) is 0 Å². The van der Waals surface area contributed by atoms with Crippen LogP contribution in [-0.2, 0) is 10.0 Å². The SMILES string of the molecule is O=C(Nc1ccc(F)cc1)c1nnc([C@H]2CCCN2S(=O)(=O)c2ccccc2F)s1. The molecule has 0 unspecified atom stereocenters. The minimum atomic E-state index is -4.07. The van der Waals surface area contributed by atoms with Gasteiger partial charge in [-0.1, -0.05) is 23.5 Å². The molecule has 1 fully saturated rings. The molecule has 2 heterocycles. The molecule has 1 aliphatic rings. The van der Waals surface area contributed by atoms with Crippen molar-refractivity contribution in [3.05, 3.63) is 70.2 Å². The third-order valence-corrected chi connectivity index (χ3v) is 7.61. The van der Waals surface area contributed by atoms with Gasteiger partial charge in [0.1, 0.15) is 21.5 Å². The van der Waals surface area contributed by atoms with Gasteiger partial charge >= 0.3 is 0 Å². The summed E-state index contributed by atoms with van der Waals surface area (Å²) in [5.74, 6) is -1.78. The van der Waals surface area contributed by atoms with Crippen molar-refractivity contribution in [3.8, 4) is 0 Å². The molecular weight excluding hydrogens is 434 g/mol. The molecule has 0 saturated carbocycles. The van der Waals surface area contributed by atoms with E-state index in [4.69, 9.17) is 0 Å². The van der Waals surface area contributed by atoms with Gasteiger partial charge in [0.05, 0.1) is 6.04 Å². The van der Waals surface area contributed by atoms with Gasteiger partial charge in [0, 0.05) is 12.2 Å². The number of rotatable bonds is 5. The number of halogens is 2. The van der Waals surface area contributed by atoms with E-state index in [0.717, 1.165) is 17.4 Å². The number of nitrogens with one attached hydrogen (secondary N) is 1. The standard InChI is InChI=1S/C19H16F2N4O3S2/c20-12-7-9-13(10-8-12)22-17(26)19-24-23-18(29-19)15-5-3-11-25(15)30(27,28)16-6-2-1-4-14(16)21/h1-2,4,6-10,15H,3,5,11H2,(H,22,26)/t15-/m1/s1. The summed E-state index contributed by atoms with van der Waals surface area (Å²) >= 11 is 0.972. The zero-order chi connectivity index (χ0) is 21.3. The van der Waals surface area contributed by atoms with Crippen molar-refractivity contribution in [2.24, 2.45) is 0 Å². The van der Waals surface area contributed by atoms with Gasteiger partial charge in [-0.15, -0.1) is 10.2 Å². The zero-order valence-corrected chi connectivity index (χ0v) is 17.1. The summed E-state index contributed by atoms with van der Waals surface area (Å²) in [5.41, 5.74) is 0.391. The minimum Gasteiger partial charge on any atom is -0.320 e. The van der Waals surface area contributed by atoms with Gasteiger partial charge < -0.3 is 5.32 Å². The Morgan fingerprint density at radius 3 is 2.57 bits per heavy atom. The topological polar surface area (TPSA) is 92.3 Å². The van der Waals surface area contributed by atoms with E-state index < -0.39 is 38.5 Å². The Balaban J connectivity index is 1.55. The van der Waals surface area contributed by atoms with Crippen LogP contribution >= 0.6 is 11.3 Å². The first kappa shape index (κ1) is 20.5. The third-order valence-electron chi connectivity index (χ3n) is 4.65. The smallest absolute Gasteiger partial charge is 0.286 e. The Morgan fingerprint density at radius 2 is 1.83 bits per heavy atom. The lowest BCUT2D eigenvalue weighted by molar-refractivity contribution is 0.102. The highest BCUT2D eigenvalue weighted by molar-refractivity contribution is 7.89. The van der Waals surface area contributed by atoms with Gasteiger partial charge in [-0.25, -0.2) is 17.2 Å². The van der Waals surface area contributed by atoms with Crippen LogP contribution < -0.4 is 5.32 Å². The maximum atomic E-state index is 14.1. The van der Waals surface area contributed by atoms with Crippen molar-refractivity contribution >= 4 is 33.0 Å². The summed E-state index contributed by atoms with van der Waals surface area (Å²) in [4.78, 5) is 12.0. The van der Waals surface area contributed by atoms with Gasteiger partial charge in [-0.3, -0.25) is 4.79 Å². The van der Waals surface area contributed by atoms with Crippen LogP contribution in [-0.4, -0.2) is 35.4 Å². The normalized spacial score (nSPS) is 17.2. The number of hydrogen-bond donors (Lipinski definition) is 1. The molecule has 0 spiro atoms. The summed E-state index contributed by atoms with van der Waals surface area (Å²) in [6.07, 6.45) is 1.07. The van der Waals surface area contributed by atoms with Crippen molar-refractivity contribution in [1.82, 2.24) is 14.5 Å². The van der Waals surface area contributed by atoms with E-state index in [2.05, 4.69) is 15.5 Å². The Labute approximate surface area is 175 Å². The van der Waals surface area contributed by atoms with Crippen molar-refractivity contribution in [1.29, 1.82) is 0 Å². The number of amides is 1. The Morgan fingerprint density at radius 1 is 1.10 bits per heavy atom. The molecule has 7 nitrogen and oxygen atoms in total. The number of nitrogens with zero attached hydrogens (tertiary/aromatic N) is 3. The van der Waals surface area contributed by atoms with Crippen molar-refractivity contribution in [2.45, 2.75) is 23.8 Å². The number of aromatic nitrogens is 2. The molecule has 156 valence electrons. The third kappa shape index (κ3) is 3.95. The van der Waals surface area contributed by atoms with Crippen LogP contribution in [0.15, 0.2) is 53.4 Å². The molecule has 2 aromatic carbocycles. The molecule has 11 heteroatoms. The van der Waals surface area contributed by atoms with E-state index in [1.165, 1.54) is 46.8 Å². The summed E-state index contributed by atoms with van der Waals surface area (Å²) in [5, 5.41) is 10.9. The maximum absolute atomic E-state index is 14.1. The average molecular weight is 450 g/mol. The van der Waals surface area contributed by atoms with Gasteiger partial charge in [-0.05, 0) is 49.2 Å². The van der Waals surface area contributed by atoms with E-state index in [0.29, 0.717) is 23.5 Å². The molecule has 0 aliphatic carbocycles. The number of carbonyl (C=O) groups is 1. The molecule has 1 amide bonds. The van der Waals surface area contributed by atoms with Crippen LogP contribution in [0.5, 0.6) is 0 Å². The van der Waals surface area contributed by atoms with Crippen molar-refractivity contribution < 1.29 is 22.0 Å². The van der Waals surface area contributed by atoms with Gasteiger partial charge in [-0.2, -0.15) is 4.31 Å². The summed E-state index contributed by atoms with van der Waals surface area (Å²) in [6, 6.07) is 9.83. The van der Waals surface area contributed by atoms with Crippen LogP contribution in [0.3, 0.4) is 0 Å². The number of carbonyl (C=O) groups excluding carboxylic acids is 1. The predicted octanol–water partition coefficient (Wildman–Crippen LogP) is 3.59. The molecule has 1 atom stereocenters. The lowest BCUT2D eigenvalue weighted by atomic mass is 10.2. The fourth-order valence-electron chi connectivity index (χ4n) is 3.23. The first-order chi connectivity index (χ1) is 14.4. The summed E-state index contributed by atoms with van der Waals surface area (Å²) in [6.45, 7) is 0.220. The Kier molecular flexibility index (Phi) is 5.58. The first-order valence-corrected chi connectivity index (χ1v) is 11.3. The number of anilines is 1. The predicted molar refractivity (Wildman–Crippen MR) is 107 cm³/mol. The van der Waals surface area contributed by atoms with E-state index in [1.807, 2.05) is 0 Å². The highest BCUT2D eigenvalue weighted by Gasteiger charge is 2.39. The zero-order valence-electron chi connectivity index (χ0n) is 15.5. The second-order valence-electron chi connectivity index (χ2n) is 6.61. The second kappa shape index (κ2) is 8.17. The van der Waals surface area contributed by atoms with Crippen LogP contribution in [0.25, 0.3) is 0 Å². The highest BCUT2D eigenvalue weighted by Crippen LogP contribution is 2.38. The molecular formula is C19H16F2N4O3S2. The molecule has 30 heavy (non-hydrogen) atoms. The lowest BCUT2D eigenvalue weighted by Crippen LogP contribution is -2.31. The molecule has 3 aromatic rings. The lowest BCUT2D eigenvalue weighted by Gasteiger charge is -2.22. The fourth-order valence-corrected chi connectivity index (χ4v) is 5.91. The molecule has 0 bridgehead atoms. The maximum Gasteiger partial charge on any atom is 0.286 e. The van der Waals surface area contributed by atoms with Crippen molar-refractivity contribution in [2.75, 3.05) is 11.9 Å². The molecule has 1 aromatic heterocycles. The number of hydrogen-bond acceptors (Lipinski definition) is 6. The minimum absolute atomic E-state index is 0.0458. The van der Waals surface area contributed by atoms with Gasteiger partial charge in [0.15, 0.2) is 0 Å². The Hall–Kier alpha value is -2.76. The molecule has 1 saturated heterocycles. The first-order valence-electron chi connectivity index (χ1n) is 9.03. The van der Waals surface area contributed by atoms with E-state index in [9.17, 15) is 22.0 Å². The average Bonchev–Trinajstić information content (AvgIpc) is 3.39. The molecule has 1 aliphatic heterocycles. The van der Waals surface area contributed by atoms with Crippen LogP contribution in [0.4, 0.5) is 14.5 Å². The fraction of sp³-hybridized carbons (Fsp3) is 0.211. The van der Waals surface area contributed by atoms with E-state index in [1.54, 1.807) is 0 Å². The largest absolute Gasteiger partial charge is 0.320 e. The second-order valence-corrected chi connectivity index (χ2v) is 9.48. The number of sulfonamides is 1. The van der Waals surface area contributed by atoms with Crippen LogP contribution in [0.2, 0.25) is 0 Å². The molecule has 0 radical (unpaired) electrons. The van der Waals surface area contributed by atoms with Crippen LogP contribution in [0, 0.1) is 11.6 Å². The monoisotopic (exact) mass is 450 g/mol. The van der Waals surface area contributed by atoms with Gasteiger partial charge in [0.25, 0.3) is 5.91 Å². The van der Waals surface area contributed by atoms with E-state index >= 15 is 0 Å². The highest BCUT2D eigenvalue weighted by atomic mass is 32.2. The molecule has 1 N–H and O–H groups in total. The molecule has 4 rings (SSSR count). The quantitative estimate of drug-likeness (QED) is 0.641.